The molecule has 4 rings (SSSR count). The molecule has 0 saturated carbocycles. The molecule has 0 bridgehead atoms. The maximum absolute atomic E-state index is 2.39. The van der Waals surface area contributed by atoms with Gasteiger partial charge in [0.05, 0.1) is 16.2 Å². The fourth-order valence-electron chi connectivity index (χ4n) is 2.69. The van der Waals surface area contributed by atoms with Gasteiger partial charge in [0.15, 0.2) is 0 Å². The monoisotopic (exact) mass is 276 g/mol. The lowest BCUT2D eigenvalue weighted by atomic mass is 10.1. The predicted molar refractivity (Wildman–Crippen MR) is 87.0 cm³/mol. The van der Waals surface area contributed by atoms with Crippen molar-refractivity contribution < 1.29 is 0 Å². The number of thioether (sulfide) groups is 1. The highest BCUT2D eigenvalue weighted by Gasteiger charge is 2.32. The summed E-state index contributed by atoms with van der Waals surface area (Å²) in [6.45, 7) is 0. The molecule has 0 amide bonds. The minimum Gasteiger partial charge on any atom is -0.155 e. The molecule has 0 spiro atoms. The average Bonchev–Trinajstić information content (AvgIpc) is 2.53. The summed E-state index contributed by atoms with van der Waals surface area (Å²) < 4.78 is 2.39. The van der Waals surface area contributed by atoms with Gasteiger partial charge in [-0.2, -0.15) is 4.58 Å². The molecule has 0 atom stereocenters. The van der Waals surface area contributed by atoms with E-state index >= 15 is 0 Å². The Kier molecular flexibility index (Phi) is 2.82. The molecule has 2 aliphatic rings. The Morgan fingerprint density at radius 2 is 1.70 bits per heavy atom. The van der Waals surface area contributed by atoms with Gasteiger partial charge in [-0.05, 0) is 12.1 Å². The molecule has 0 aromatic heterocycles. The average molecular weight is 276 g/mol. The maximum Gasteiger partial charge on any atom is 0.225 e. The number of hydrogen-bond donors (Lipinski definition) is 0. The predicted octanol–water partition coefficient (Wildman–Crippen LogP) is 4.91. The lowest BCUT2D eigenvalue weighted by Gasteiger charge is -2.19. The second kappa shape index (κ2) is 4.80. The van der Waals surface area contributed by atoms with E-state index in [0.717, 1.165) is 6.42 Å². The summed E-state index contributed by atoms with van der Waals surface area (Å²) in [5.41, 5.74) is 3.89. The fourth-order valence-corrected chi connectivity index (χ4v) is 3.78. The summed E-state index contributed by atoms with van der Waals surface area (Å²) in [6, 6.07) is 19.2. The Balaban J connectivity index is 2.02. The van der Waals surface area contributed by atoms with Crippen LogP contribution in [0.1, 0.15) is 6.42 Å². The van der Waals surface area contributed by atoms with Gasteiger partial charge in [0, 0.05) is 18.2 Å². The summed E-state index contributed by atoms with van der Waals surface area (Å²) in [5, 5.41) is 0. The van der Waals surface area contributed by atoms with Gasteiger partial charge in [0.1, 0.15) is 0 Å². The van der Waals surface area contributed by atoms with Gasteiger partial charge in [0.25, 0.3) is 0 Å². The van der Waals surface area contributed by atoms with Crippen molar-refractivity contribution in [2.45, 2.75) is 11.3 Å². The molecule has 0 fully saturated rings. The molecule has 0 unspecified atom stereocenters. The van der Waals surface area contributed by atoms with E-state index in [2.05, 4.69) is 77.4 Å². The van der Waals surface area contributed by atoms with Gasteiger partial charge in [-0.3, -0.25) is 0 Å². The molecule has 96 valence electrons. The molecule has 1 nitrogen and oxygen atoms in total. The molecule has 0 saturated heterocycles. The first-order chi connectivity index (χ1) is 9.93. The van der Waals surface area contributed by atoms with Gasteiger partial charge in [-0.25, -0.2) is 0 Å². The van der Waals surface area contributed by atoms with Crippen molar-refractivity contribution in [2.75, 3.05) is 0 Å². The lowest BCUT2D eigenvalue weighted by molar-refractivity contribution is 1.02. The van der Waals surface area contributed by atoms with Gasteiger partial charge in [-0.15, -0.1) is 0 Å². The molecule has 1 aliphatic carbocycles. The maximum atomic E-state index is 2.39. The molecule has 20 heavy (non-hydrogen) atoms. The molecule has 2 aromatic carbocycles. The van der Waals surface area contributed by atoms with Crippen LogP contribution in [0.25, 0.3) is 0 Å². The van der Waals surface area contributed by atoms with E-state index < -0.39 is 0 Å². The van der Waals surface area contributed by atoms with E-state index in [1.807, 2.05) is 11.8 Å². The Hall–Kier alpha value is -2.06. The second-order valence-corrected chi connectivity index (χ2v) is 5.93. The number of fused-ring (bicyclic) bond motifs is 2. The number of allylic oxidation sites excluding steroid dienone is 4. The van der Waals surface area contributed by atoms with E-state index in [-0.39, 0.29) is 0 Å². The van der Waals surface area contributed by atoms with Crippen LogP contribution in [0.3, 0.4) is 0 Å². The first-order valence-corrected chi connectivity index (χ1v) is 7.60. The third-order valence-corrected chi connectivity index (χ3v) is 4.75. The van der Waals surface area contributed by atoms with Crippen molar-refractivity contribution in [3.63, 3.8) is 0 Å². The number of nitrogens with zero attached hydrogens (tertiary/aromatic N) is 1. The highest BCUT2D eigenvalue weighted by molar-refractivity contribution is 8.04. The van der Waals surface area contributed by atoms with E-state index in [0.29, 0.717) is 0 Å². The molecular formula is C18H14NS+. The number of para-hydroxylation sites is 2. The van der Waals surface area contributed by atoms with Crippen molar-refractivity contribution in [1.29, 1.82) is 0 Å². The summed E-state index contributed by atoms with van der Waals surface area (Å²) in [6.07, 6.45) is 7.59. The quantitative estimate of drug-likeness (QED) is 0.669. The molecule has 0 radical (unpaired) electrons. The van der Waals surface area contributed by atoms with Crippen LogP contribution in [-0.2, 0) is 0 Å². The smallest absolute Gasteiger partial charge is 0.155 e. The fraction of sp³-hybridized carbons (Fsp3) is 0.0556. The van der Waals surface area contributed by atoms with Gasteiger partial charge in [0.2, 0.25) is 17.1 Å². The number of benzene rings is 2. The summed E-state index contributed by atoms with van der Waals surface area (Å²) >= 11 is 1.87. The molecule has 1 aliphatic heterocycles. The minimum absolute atomic E-state index is 0.988. The van der Waals surface area contributed by atoms with E-state index in [1.165, 1.54) is 26.9 Å². The van der Waals surface area contributed by atoms with Crippen molar-refractivity contribution in [2.24, 2.45) is 0 Å². The Morgan fingerprint density at radius 1 is 0.900 bits per heavy atom. The normalized spacial score (nSPS) is 16.5. The van der Waals surface area contributed by atoms with Crippen LogP contribution < -0.4 is 4.58 Å². The van der Waals surface area contributed by atoms with Crippen LogP contribution in [0.4, 0.5) is 11.4 Å². The van der Waals surface area contributed by atoms with E-state index in [9.17, 15) is 0 Å². The zero-order valence-corrected chi connectivity index (χ0v) is 11.8. The lowest BCUT2D eigenvalue weighted by Crippen LogP contribution is -2.22. The minimum atomic E-state index is 0.988. The van der Waals surface area contributed by atoms with E-state index in [4.69, 9.17) is 0 Å². The first-order valence-electron chi connectivity index (χ1n) is 6.78. The topological polar surface area (TPSA) is 3.01 Å². The first kappa shape index (κ1) is 11.7. The summed E-state index contributed by atoms with van der Waals surface area (Å²) in [5.74, 6) is 0. The highest BCUT2D eigenvalue weighted by atomic mass is 32.2. The third-order valence-electron chi connectivity index (χ3n) is 3.59. The summed E-state index contributed by atoms with van der Waals surface area (Å²) in [4.78, 5) is 2.68. The Labute approximate surface area is 123 Å². The second-order valence-electron chi connectivity index (χ2n) is 4.85. The van der Waals surface area contributed by atoms with Crippen molar-refractivity contribution >= 4 is 28.8 Å². The molecule has 2 heteroatoms. The molecule has 2 aromatic rings. The zero-order valence-electron chi connectivity index (χ0n) is 11.0. The van der Waals surface area contributed by atoms with E-state index in [1.54, 1.807) is 0 Å². The zero-order chi connectivity index (χ0) is 13.4. The van der Waals surface area contributed by atoms with Crippen LogP contribution in [0.15, 0.2) is 82.6 Å². The van der Waals surface area contributed by atoms with Crippen molar-refractivity contribution in [1.82, 2.24) is 4.58 Å². The number of rotatable bonds is 1. The van der Waals surface area contributed by atoms with Crippen LogP contribution in [0.2, 0.25) is 0 Å². The molecular weight excluding hydrogens is 262 g/mol. The van der Waals surface area contributed by atoms with Gasteiger partial charge < -0.3 is 0 Å². The van der Waals surface area contributed by atoms with Crippen molar-refractivity contribution in [3.05, 3.63) is 77.7 Å². The van der Waals surface area contributed by atoms with Crippen LogP contribution >= 0.6 is 11.8 Å². The van der Waals surface area contributed by atoms with Crippen molar-refractivity contribution in [3.8, 4) is 0 Å². The van der Waals surface area contributed by atoms with Crippen LogP contribution in [0.5, 0.6) is 0 Å². The van der Waals surface area contributed by atoms with Gasteiger partial charge >= 0.3 is 0 Å². The van der Waals surface area contributed by atoms with Crippen LogP contribution in [0, 0.1) is 0 Å². The third kappa shape index (κ3) is 1.84. The molecule has 1 heterocycles. The largest absolute Gasteiger partial charge is 0.225 e. The Bertz CT molecular complexity index is 754. The van der Waals surface area contributed by atoms with Gasteiger partial charge in [-0.1, -0.05) is 54.2 Å². The Morgan fingerprint density at radius 3 is 2.60 bits per heavy atom. The standard InChI is InChI=1S/C18H14NS/c1-2-8-14(9-3-1)19-15-10-4-6-12-17(15)20-18-13-7-5-11-16(18)19/h1-10,12-13H,11H2/q+1. The number of hydrogen-bond acceptors (Lipinski definition) is 1. The van der Waals surface area contributed by atoms with Crippen LogP contribution in [-0.4, -0.2) is 5.71 Å². The highest BCUT2D eigenvalue weighted by Crippen LogP contribution is 2.42. The SMILES string of the molecule is C1=CCC2=[N+](c3ccccc3)c3ccccc3SC2=C1. The molecule has 0 N–H and O–H groups in total. The summed E-state index contributed by atoms with van der Waals surface area (Å²) in [7, 11) is 0.